The fourth-order valence-electron chi connectivity index (χ4n) is 2.20. The number of fused-ring (bicyclic) bond motifs is 1. The first-order chi connectivity index (χ1) is 10.6. The standard InChI is InChI=1S/C16H17NO4S/c1-2-12-3-5-13(6-4-12)10-17-22(18,19)14-7-8-15-16(9-14)21-11-20-15/h3-9,17H,2,10-11H2,1H3. The summed E-state index contributed by atoms with van der Waals surface area (Å²) in [6.07, 6.45) is 0.962. The van der Waals surface area contributed by atoms with E-state index in [2.05, 4.69) is 11.6 Å². The SMILES string of the molecule is CCc1ccc(CNS(=O)(=O)c2ccc3c(c2)OCO3)cc1. The Bertz CT molecular complexity index is 769. The lowest BCUT2D eigenvalue weighted by atomic mass is 10.1. The van der Waals surface area contributed by atoms with E-state index in [4.69, 9.17) is 9.47 Å². The summed E-state index contributed by atoms with van der Waals surface area (Å²) in [6, 6.07) is 12.5. The molecule has 2 aromatic carbocycles. The largest absolute Gasteiger partial charge is 0.454 e. The first-order valence-corrected chi connectivity index (χ1v) is 8.54. The second kappa shape index (κ2) is 5.98. The summed E-state index contributed by atoms with van der Waals surface area (Å²) in [6.45, 7) is 2.45. The van der Waals surface area contributed by atoms with Crippen molar-refractivity contribution in [3.8, 4) is 11.5 Å². The van der Waals surface area contributed by atoms with Gasteiger partial charge < -0.3 is 9.47 Å². The van der Waals surface area contributed by atoms with E-state index >= 15 is 0 Å². The van der Waals surface area contributed by atoms with Crippen LogP contribution < -0.4 is 14.2 Å². The van der Waals surface area contributed by atoms with Crippen molar-refractivity contribution in [1.82, 2.24) is 4.72 Å². The van der Waals surface area contributed by atoms with Crippen LogP contribution in [0, 0.1) is 0 Å². The summed E-state index contributed by atoms with van der Waals surface area (Å²) in [5.41, 5.74) is 2.14. The van der Waals surface area contributed by atoms with E-state index < -0.39 is 10.0 Å². The van der Waals surface area contributed by atoms with Crippen molar-refractivity contribution in [2.24, 2.45) is 0 Å². The maximum atomic E-state index is 12.3. The van der Waals surface area contributed by atoms with E-state index in [1.54, 1.807) is 6.07 Å². The Kier molecular flexibility index (Phi) is 4.04. The van der Waals surface area contributed by atoms with Gasteiger partial charge in [-0.2, -0.15) is 0 Å². The third-order valence-electron chi connectivity index (χ3n) is 3.55. The van der Waals surface area contributed by atoms with Crippen LogP contribution in [0.1, 0.15) is 18.1 Å². The summed E-state index contributed by atoms with van der Waals surface area (Å²) < 4.78 is 37.6. The molecule has 0 aliphatic carbocycles. The van der Waals surface area contributed by atoms with Crippen LogP contribution in [0.3, 0.4) is 0 Å². The number of hydrogen-bond donors (Lipinski definition) is 1. The number of rotatable bonds is 5. The van der Waals surface area contributed by atoms with E-state index in [0.717, 1.165) is 12.0 Å². The van der Waals surface area contributed by atoms with Crippen molar-refractivity contribution in [3.05, 3.63) is 53.6 Å². The van der Waals surface area contributed by atoms with Crippen LogP contribution >= 0.6 is 0 Å². The lowest BCUT2D eigenvalue weighted by Gasteiger charge is -2.08. The van der Waals surface area contributed by atoms with Crippen molar-refractivity contribution in [2.75, 3.05) is 6.79 Å². The molecule has 22 heavy (non-hydrogen) atoms. The predicted octanol–water partition coefficient (Wildman–Crippen LogP) is 2.46. The van der Waals surface area contributed by atoms with Gasteiger partial charge >= 0.3 is 0 Å². The van der Waals surface area contributed by atoms with Crippen molar-refractivity contribution < 1.29 is 17.9 Å². The molecule has 0 aromatic heterocycles. The zero-order valence-electron chi connectivity index (χ0n) is 12.2. The Balaban J connectivity index is 1.73. The molecule has 0 saturated carbocycles. The van der Waals surface area contributed by atoms with Gasteiger partial charge in [0, 0.05) is 12.6 Å². The quantitative estimate of drug-likeness (QED) is 0.919. The van der Waals surface area contributed by atoms with Gasteiger partial charge in [-0.25, -0.2) is 13.1 Å². The summed E-state index contributed by atoms with van der Waals surface area (Å²) in [7, 11) is -3.58. The zero-order valence-corrected chi connectivity index (χ0v) is 13.0. The Morgan fingerprint density at radius 2 is 1.68 bits per heavy atom. The summed E-state index contributed by atoms with van der Waals surface area (Å²) in [5, 5.41) is 0. The molecule has 6 heteroatoms. The van der Waals surface area contributed by atoms with Gasteiger partial charge in [-0.1, -0.05) is 31.2 Å². The second-order valence-electron chi connectivity index (χ2n) is 5.01. The smallest absolute Gasteiger partial charge is 0.241 e. The van der Waals surface area contributed by atoms with Gasteiger partial charge in [-0.3, -0.25) is 0 Å². The monoisotopic (exact) mass is 319 g/mol. The Labute approximate surface area is 129 Å². The van der Waals surface area contributed by atoms with Crippen molar-refractivity contribution >= 4 is 10.0 Å². The number of aryl methyl sites for hydroxylation is 1. The van der Waals surface area contributed by atoms with Crippen molar-refractivity contribution in [2.45, 2.75) is 24.8 Å². The highest BCUT2D eigenvalue weighted by atomic mass is 32.2. The molecule has 0 radical (unpaired) electrons. The minimum Gasteiger partial charge on any atom is -0.454 e. The number of benzene rings is 2. The van der Waals surface area contributed by atoms with Gasteiger partial charge in [-0.05, 0) is 29.7 Å². The zero-order chi connectivity index (χ0) is 15.6. The van der Waals surface area contributed by atoms with Crippen molar-refractivity contribution in [3.63, 3.8) is 0 Å². The van der Waals surface area contributed by atoms with E-state index in [0.29, 0.717) is 11.5 Å². The van der Waals surface area contributed by atoms with Crippen LogP contribution in [0.25, 0.3) is 0 Å². The first kappa shape index (κ1) is 14.9. The molecule has 1 heterocycles. The minimum atomic E-state index is -3.58. The van der Waals surface area contributed by atoms with Crippen LogP contribution in [0.15, 0.2) is 47.4 Å². The highest BCUT2D eigenvalue weighted by molar-refractivity contribution is 7.89. The molecule has 0 amide bonds. The van der Waals surface area contributed by atoms with Gasteiger partial charge in [0.2, 0.25) is 16.8 Å². The van der Waals surface area contributed by atoms with E-state index in [1.807, 2.05) is 24.3 Å². The molecule has 1 N–H and O–H groups in total. The molecule has 2 aromatic rings. The molecular formula is C16H17NO4S. The van der Waals surface area contributed by atoms with Crippen LogP contribution in [0.4, 0.5) is 0 Å². The van der Waals surface area contributed by atoms with Crippen LogP contribution in [0.2, 0.25) is 0 Å². The Hall–Kier alpha value is -2.05. The number of hydrogen-bond acceptors (Lipinski definition) is 4. The molecule has 0 fully saturated rings. The van der Waals surface area contributed by atoms with Crippen LogP contribution in [-0.4, -0.2) is 15.2 Å². The number of sulfonamides is 1. The van der Waals surface area contributed by atoms with E-state index in [1.165, 1.54) is 17.7 Å². The van der Waals surface area contributed by atoms with E-state index in [9.17, 15) is 8.42 Å². The summed E-state index contributed by atoms with van der Waals surface area (Å²) in [5.74, 6) is 1.02. The van der Waals surface area contributed by atoms with Gasteiger partial charge in [0.25, 0.3) is 0 Å². The number of ether oxygens (including phenoxy) is 2. The van der Waals surface area contributed by atoms with Gasteiger partial charge in [-0.15, -0.1) is 0 Å². The van der Waals surface area contributed by atoms with Gasteiger partial charge in [0.15, 0.2) is 11.5 Å². The average Bonchev–Trinajstić information content (AvgIpc) is 3.01. The molecule has 3 rings (SSSR count). The summed E-state index contributed by atoms with van der Waals surface area (Å²) >= 11 is 0. The first-order valence-electron chi connectivity index (χ1n) is 7.05. The van der Waals surface area contributed by atoms with Crippen LogP contribution in [-0.2, 0) is 23.0 Å². The highest BCUT2D eigenvalue weighted by Crippen LogP contribution is 2.33. The Morgan fingerprint density at radius 3 is 2.41 bits per heavy atom. The van der Waals surface area contributed by atoms with Crippen LogP contribution in [0.5, 0.6) is 11.5 Å². The predicted molar refractivity (Wildman–Crippen MR) is 82.4 cm³/mol. The lowest BCUT2D eigenvalue weighted by Crippen LogP contribution is -2.23. The third-order valence-corrected chi connectivity index (χ3v) is 4.95. The topological polar surface area (TPSA) is 64.6 Å². The Morgan fingerprint density at radius 1 is 1.00 bits per heavy atom. The average molecular weight is 319 g/mol. The van der Waals surface area contributed by atoms with Gasteiger partial charge in [0.05, 0.1) is 4.90 Å². The molecule has 0 atom stereocenters. The second-order valence-corrected chi connectivity index (χ2v) is 6.78. The fraction of sp³-hybridized carbons (Fsp3) is 0.250. The van der Waals surface area contributed by atoms with Gasteiger partial charge in [0.1, 0.15) is 0 Å². The third kappa shape index (κ3) is 3.08. The molecule has 5 nitrogen and oxygen atoms in total. The number of nitrogens with one attached hydrogen (secondary N) is 1. The molecule has 0 saturated heterocycles. The molecule has 116 valence electrons. The molecule has 1 aliphatic heterocycles. The molecule has 0 bridgehead atoms. The molecule has 0 spiro atoms. The molecule has 1 aliphatic rings. The molecule has 0 unspecified atom stereocenters. The fourth-order valence-corrected chi connectivity index (χ4v) is 3.23. The minimum absolute atomic E-state index is 0.121. The highest BCUT2D eigenvalue weighted by Gasteiger charge is 2.19. The maximum Gasteiger partial charge on any atom is 0.241 e. The molecular weight excluding hydrogens is 302 g/mol. The van der Waals surface area contributed by atoms with E-state index in [-0.39, 0.29) is 18.2 Å². The normalized spacial score (nSPS) is 13.3. The summed E-state index contributed by atoms with van der Waals surface area (Å²) in [4.78, 5) is 0.168. The lowest BCUT2D eigenvalue weighted by molar-refractivity contribution is 0.174. The maximum absolute atomic E-state index is 12.3. The van der Waals surface area contributed by atoms with Crippen molar-refractivity contribution in [1.29, 1.82) is 0 Å².